The van der Waals surface area contributed by atoms with Gasteiger partial charge in [0.1, 0.15) is 0 Å². The summed E-state index contributed by atoms with van der Waals surface area (Å²) in [5, 5.41) is 17.7. The van der Waals surface area contributed by atoms with Crippen LogP contribution in [0.3, 0.4) is 0 Å². The number of carbonyl (C=O) groups excluding carboxylic acids is 1. The fourth-order valence-electron chi connectivity index (χ4n) is 3.44. The SMILES string of the molecule is Cc1nn(Cc2ccc(Cl)c(Cl)c2)c(C)c1NC(=O)C1CC=CCC1C(=O)O. The van der Waals surface area contributed by atoms with Crippen molar-refractivity contribution in [3.63, 3.8) is 0 Å². The Hall–Kier alpha value is -2.31. The van der Waals surface area contributed by atoms with Crippen LogP contribution in [-0.2, 0) is 16.1 Å². The normalized spacial score (nSPS) is 18.9. The molecule has 148 valence electrons. The van der Waals surface area contributed by atoms with Crippen LogP contribution in [0.15, 0.2) is 30.4 Å². The molecule has 0 radical (unpaired) electrons. The Kier molecular flexibility index (Phi) is 6.10. The van der Waals surface area contributed by atoms with Crippen molar-refractivity contribution < 1.29 is 14.7 Å². The van der Waals surface area contributed by atoms with Crippen LogP contribution in [0.2, 0.25) is 10.0 Å². The highest BCUT2D eigenvalue weighted by atomic mass is 35.5. The van der Waals surface area contributed by atoms with Crippen LogP contribution in [0.5, 0.6) is 0 Å². The number of aromatic nitrogens is 2. The van der Waals surface area contributed by atoms with Crippen molar-refractivity contribution in [2.45, 2.75) is 33.2 Å². The molecule has 6 nitrogen and oxygen atoms in total. The lowest BCUT2D eigenvalue weighted by atomic mass is 9.82. The molecule has 2 atom stereocenters. The first-order valence-corrected chi connectivity index (χ1v) is 9.70. The zero-order chi connectivity index (χ0) is 20.4. The van der Waals surface area contributed by atoms with Crippen molar-refractivity contribution in [2.75, 3.05) is 5.32 Å². The van der Waals surface area contributed by atoms with E-state index in [9.17, 15) is 14.7 Å². The number of halogens is 2. The van der Waals surface area contributed by atoms with Gasteiger partial charge in [-0.25, -0.2) is 0 Å². The number of carboxylic acid groups (broad SMARTS) is 1. The third-order valence-electron chi connectivity index (χ3n) is 5.03. The predicted molar refractivity (Wildman–Crippen MR) is 109 cm³/mol. The standard InChI is InChI=1S/C20H21Cl2N3O3/c1-11-18(23-19(26)14-5-3-4-6-15(14)20(27)28)12(2)25(24-11)10-13-7-8-16(21)17(22)9-13/h3-4,7-9,14-15H,5-6,10H2,1-2H3,(H,23,26)(H,27,28). The number of carbonyl (C=O) groups is 2. The summed E-state index contributed by atoms with van der Waals surface area (Å²) >= 11 is 12.0. The van der Waals surface area contributed by atoms with E-state index >= 15 is 0 Å². The molecule has 1 aromatic carbocycles. The van der Waals surface area contributed by atoms with Crippen LogP contribution in [0.25, 0.3) is 0 Å². The monoisotopic (exact) mass is 421 g/mol. The number of aryl methyl sites for hydroxylation is 1. The maximum Gasteiger partial charge on any atom is 0.307 e. The molecule has 28 heavy (non-hydrogen) atoms. The van der Waals surface area contributed by atoms with Crippen LogP contribution in [0, 0.1) is 25.7 Å². The minimum atomic E-state index is -0.951. The summed E-state index contributed by atoms with van der Waals surface area (Å²) in [4.78, 5) is 24.2. The summed E-state index contributed by atoms with van der Waals surface area (Å²) in [5.41, 5.74) is 3.00. The molecule has 0 saturated heterocycles. The Morgan fingerprint density at radius 3 is 2.50 bits per heavy atom. The number of anilines is 1. The van der Waals surface area contributed by atoms with Crippen molar-refractivity contribution >= 4 is 40.8 Å². The average Bonchev–Trinajstić information content (AvgIpc) is 2.92. The molecule has 0 bridgehead atoms. The van der Waals surface area contributed by atoms with Crippen molar-refractivity contribution in [2.24, 2.45) is 11.8 Å². The van der Waals surface area contributed by atoms with E-state index in [-0.39, 0.29) is 5.91 Å². The molecular weight excluding hydrogens is 401 g/mol. The molecule has 1 heterocycles. The Morgan fingerprint density at radius 2 is 1.86 bits per heavy atom. The zero-order valence-electron chi connectivity index (χ0n) is 15.6. The van der Waals surface area contributed by atoms with Gasteiger partial charge in [-0.2, -0.15) is 5.10 Å². The molecule has 0 saturated carbocycles. The van der Waals surface area contributed by atoms with Crippen molar-refractivity contribution in [3.05, 3.63) is 57.3 Å². The summed E-state index contributed by atoms with van der Waals surface area (Å²) in [6, 6.07) is 5.38. The van der Waals surface area contributed by atoms with E-state index in [1.165, 1.54) is 0 Å². The van der Waals surface area contributed by atoms with Crippen LogP contribution >= 0.6 is 23.2 Å². The maximum absolute atomic E-state index is 12.8. The molecule has 0 spiro atoms. The number of hydrogen-bond donors (Lipinski definition) is 2. The summed E-state index contributed by atoms with van der Waals surface area (Å²) in [6.45, 7) is 4.15. The number of nitrogens with zero attached hydrogens (tertiary/aromatic N) is 2. The molecule has 0 aliphatic heterocycles. The van der Waals surface area contributed by atoms with Crippen LogP contribution < -0.4 is 5.32 Å². The van der Waals surface area contributed by atoms with Crippen LogP contribution in [-0.4, -0.2) is 26.8 Å². The summed E-state index contributed by atoms with van der Waals surface area (Å²) in [5.74, 6) is -2.55. The number of benzene rings is 1. The van der Waals surface area contributed by atoms with E-state index in [1.807, 2.05) is 32.1 Å². The Bertz CT molecular complexity index is 952. The lowest BCUT2D eigenvalue weighted by Gasteiger charge is -2.24. The van der Waals surface area contributed by atoms with Crippen molar-refractivity contribution in [1.29, 1.82) is 0 Å². The highest BCUT2D eigenvalue weighted by Gasteiger charge is 2.34. The van der Waals surface area contributed by atoms with Gasteiger partial charge in [0, 0.05) is 0 Å². The van der Waals surface area contributed by atoms with E-state index in [0.717, 1.165) is 11.3 Å². The van der Waals surface area contributed by atoms with Gasteiger partial charge in [0.15, 0.2) is 0 Å². The Labute approximate surface area is 173 Å². The molecule has 0 fully saturated rings. The number of amides is 1. The van der Waals surface area contributed by atoms with Gasteiger partial charge in [-0.15, -0.1) is 0 Å². The van der Waals surface area contributed by atoms with Crippen molar-refractivity contribution in [3.8, 4) is 0 Å². The minimum absolute atomic E-state index is 0.294. The van der Waals surface area contributed by atoms with Gasteiger partial charge < -0.3 is 10.4 Å². The molecule has 2 aromatic rings. The Balaban J connectivity index is 1.79. The lowest BCUT2D eigenvalue weighted by molar-refractivity contribution is -0.146. The largest absolute Gasteiger partial charge is 0.481 e. The van der Waals surface area contributed by atoms with Gasteiger partial charge in [-0.1, -0.05) is 41.4 Å². The third kappa shape index (κ3) is 4.23. The highest BCUT2D eigenvalue weighted by molar-refractivity contribution is 6.42. The minimum Gasteiger partial charge on any atom is -0.481 e. The molecule has 1 aliphatic carbocycles. The second kappa shape index (κ2) is 8.37. The number of aliphatic carboxylic acids is 1. The van der Waals surface area contributed by atoms with E-state index < -0.39 is 17.8 Å². The van der Waals surface area contributed by atoms with Crippen molar-refractivity contribution in [1.82, 2.24) is 9.78 Å². The first-order chi connectivity index (χ1) is 13.3. The number of allylic oxidation sites excluding steroid dienone is 2. The van der Waals surface area contributed by atoms with Gasteiger partial charge in [0.2, 0.25) is 5.91 Å². The van der Waals surface area contributed by atoms with Crippen LogP contribution in [0.4, 0.5) is 5.69 Å². The van der Waals surface area contributed by atoms with Gasteiger partial charge >= 0.3 is 5.97 Å². The zero-order valence-corrected chi connectivity index (χ0v) is 17.1. The maximum atomic E-state index is 12.8. The number of carboxylic acids is 1. The average molecular weight is 422 g/mol. The van der Waals surface area contributed by atoms with Crippen LogP contribution in [0.1, 0.15) is 29.8 Å². The van der Waals surface area contributed by atoms with E-state index in [0.29, 0.717) is 40.8 Å². The predicted octanol–water partition coefficient (Wildman–Crippen LogP) is 4.46. The quantitative estimate of drug-likeness (QED) is 0.697. The second-order valence-electron chi connectivity index (χ2n) is 6.94. The van der Waals surface area contributed by atoms with E-state index in [1.54, 1.807) is 16.8 Å². The summed E-state index contributed by atoms with van der Waals surface area (Å²) in [6.07, 6.45) is 4.45. The highest BCUT2D eigenvalue weighted by Crippen LogP contribution is 2.29. The summed E-state index contributed by atoms with van der Waals surface area (Å²) < 4.78 is 1.78. The molecular formula is C20H21Cl2N3O3. The topological polar surface area (TPSA) is 84.2 Å². The third-order valence-corrected chi connectivity index (χ3v) is 5.77. The van der Waals surface area contributed by atoms with Gasteiger partial charge in [-0.3, -0.25) is 14.3 Å². The molecule has 1 aromatic heterocycles. The van der Waals surface area contributed by atoms with Gasteiger partial charge in [0.05, 0.1) is 45.5 Å². The second-order valence-corrected chi connectivity index (χ2v) is 7.75. The van der Waals surface area contributed by atoms with Gasteiger partial charge in [0.25, 0.3) is 0 Å². The molecule has 1 amide bonds. The number of nitrogens with one attached hydrogen (secondary N) is 1. The number of hydrogen-bond acceptors (Lipinski definition) is 3. The molecule has 3 rings (SSSR count). The lowest BCUT2D eigenvalue weighted by Crippen LogP contribution is -2.35. The molecule has 1 aliphatic rings. The smallest absolute Gasteiger partial charge is 0.307 e. The Morgan fingerprint density at radius 1 is 1.18 bits per heavy atom. The fourth-order valence-corrected chi connectivity index (χ4v) is 3.76. The molecule has 8 heteroatoms. The molecule has 2 unspecified atom stereocenters. The summed E-state index contributed by atoms with van der Waals surface area (Å²) in [7, 11) is 0. The molecule has 2 N–H and O–H groups in total. The van der Waals surface area contributed by atoms with E-state index in [2.05, 4.69) is 10.4 Å². The van der Waals surface area contributed by atoms with Gasteiger partial charge in [-0.05, 0) is 44.4 Å². The first-order valence-electron chi connectivity index (χ1n) is 8.94. The van der Waals surface area contributed by atoms with E-state index in [4.69, 9.17) is 23.2 Å². The number of rotatable bonds is 5. The first kappa shape index (κ1) is 20.4. The fraction of sp³-hybridized carbons (Fsp3) is 0.350.